The van der Waals surface area contributed by atoms with Gasteiger partial charge in [0.15, 0.2) is 0 Å². The summed E-state index contributed by atoms with van der Waals surface area (Å²) in [6.45, 7) is 5.35. The standard InChI is InChI=1S/C12H21N3O2S/c1-3-10-9(4-6-17-10)12-15-14-11(18-12)8-13-5-7-16-2/h9-10,13H,3-8H2,1-2H3. The molecule has 18 heavy (non-hydrogen) atoms. The van der Waals surface area contributed by atoms with Crippen LogP contribution in [0.3, 0.4) is 0 Å². The smallest absolute Gasteiger partial charge is 0.131 e. The first kappa shape index (κ1) is 13.9. The molecule has 1 aromatic heterocycles. The van der Waals surface area contributed by atoms with Gasteiger partial charge in [0.1, 0.15) is 10.0 Å². The highest BCUT2D eigenvalue weighted by molar-refractivity contribution is 7.11. The number of rotatable bonds is 7. The fourth-order valence-corrected chi connectivity index (χ4v) is 3.19. The summed E-state index contributed by atoms with van der Waals surface area (Å²) in [5.74, 6) is 0.445. The van der Waals surface area contributed by atoms with E-state index in [1.807, 2.05) is 0 Å². The van der Waals surface area contributed by atoms with E-state index in [9.17, 15) is 0 Å². The molecule has 0 spiro atoms. The van der Waals surface area contributed by atoms with Gasteiger partial charge >= 0.3 is 0 Å². The fraction of sp³-hybridized carbons (Fsp3) is 0.833. The number of nitrogens with zero attached hydrogens (tertiary/aromatic N) is 2. The summed E-state index contributed by atoms with van der Waals surface area (Å²) in [5.41, 5.74) is 0. The molecule has 0 aromatic carbocycles. The highest BCUT2D eigenvalue weighted by Gasteiger charge is 2.30. The molecular formula is C12H21N3O2S. The van der Waals surface area contributed by atoms with Gasteiger partial charge in [-0.05, 0) is 12.8 Å². The van der Waals surface area contributed by atoms with E-state index in [4.69, 9.17) is 9.47 Å². The maximum atomic E-state index is 5.70. The Bertz CT molecular complexity index is 359. The zero-order valence-electron chi connectivity index (χ0n) is 11.0. The van der Waals surface area contributed by atoms with Gasteiger partial charge in [-0.1, -0.05) is 18.3 Å². The Kier molecular flexibility index (Phi) is 5.49. The predicted molar refractivity (Wildman–Crippen MR) is 70.9 cm³/mol. The van der Waals surface area contributed by atoms with Crippen LogP contribution in [0.2, 0.25) is 0 Å². The third-order valence-corrected chi connectivity index (χ3v) is 4.23. The van der Waals surface area contributed by atoms with Crippen LogP contribution >= 0.6 is 11.3 Å². The maximum Gasteiger partial charge on any atom is 0.131 e. The quantitative estimate of drug-likeness (QED) is 0.763. The average molecular weight is 271 g/mol. The van der Waals surface area contributed by atoms with Crippen molar-refractivity contribution in [3.05, 3.63) is 10.0 Å². The first-order valence-corrected chi connectivity index (χ1v) is 7.30. The SMILES string of the molecule is CCC1OCCC1c1nnc(CNCCOC)s1. The van der Waals surface area contributed by atoms with Crippen LogP contribution in [-0.4, -0.2) is 43.2 Å². The third-order valence-electron chi connectivity index (χ3n) is 3.17. The second-order valence-corrected chi connectivity index (χ2v) is 5.51. The van der Waals surface area contributed by atoms with Gasteiger partial charge in [-0.3, -0.25) is 0 Å². The summed E-state index contributed by atoms with van der Waals surface area (Å²) in [4.78, 5) is 0. The number of hydrogen-bond donors (Lipinski definition) is 1. The van der Waals surface area contributed by atoms with E-state index in [-0.39, 0.29) is 0 Å². The van der Waals surface area contributed by atoms with Crippen LogP contribution in [0.15, 0.2) is 0 Å². The van der Waals surface area contributed by atoms with E-state index < -0.39 is 0 Å². The summed E-state index contributed by atoms with van der Waals surface area (Å²) < 4.78 is 10.7. The molecule has 1 N–H and O–H groups in total. The minimum absolute atomic E-state index is 0.326. The molecule has 2 heterocycles. The fourth-order valence-electron chi connectivity index (χ4n) is 2.19. The molecule has 1 fully saturated rings. The number of hydrogen-bond acceptors (Lipinski definition) is 6. The van der Waals surface area contributed by atoms with Crippen LogP contribution in [0.4, 0.5) is 0 Å². The first-order chi connectivity index (χ1) is 8.85. The normalized spacial score (nSPS) is 23.7. The van der Waals surface area contributed by atoms with E-state index in [1.165, 1.54) is 0 Å². The Morgan fingerprint density at radius 3 is 3.17 bits per heavy atom. The van der Waals surface area contributed by atoms with Crippen LogP contribution in [0, 0.1) is 0 Å². The molecule has 102 valence electrons. The second-order valence-electron chi connectivity index (χ2n) is 4.42. The van der Waals surface area contributed by atoms with Gasteiger partial charge in [-0.2, -0.15) is 0 Å². The molecule has 0 radical (unpaired) electrons. The molecule has 1 aliphatic heterocycles. The summed E-state index contributed by atoms with van der Waals surface area (Å²) in [7, 11) is 1.70. The minimum atomic E-state index is 0.326. The summed E-state index contributed by atoms with van der Waals surface area (Å²) in [6.07, 6.45) is 2.45. The van der Waals surface area contributed by atoms with Crippen LogP contribution in [0.25, 0.3) is 0 Å². The molecule has 1 aliphatic rings. The monoisotopic (exact) mass is 271 g/mol. The Morgan fingerprint density at radius 2 is 2.39 bits per heavy atom. The van der Waals surface area contributed by atoms with Crippen molar-refractivity contribution in [1.82, 2.24) is 15.5 Å². The van der Waals surface area contributed by atoms with E-state index >= 15 is 0 Å². The minimum Gasteiger partial charge on any atom is -0.383 e. The van der Waals surface area contributed by atoms with Gasteiger partial charge in [0.25, 0.3) is 0 Å². The van der Waals surface area contributed by atoms with Gasteiger partial charge in [-0.15, -0.1) is 10.2 Å². The van der Waals surface area contributed by atoms with Gasteiger partial charge in [0.05, 0.1) is 12.7 Å². The second kappa shape index (κ2) is 7.13. The molecule has 1 aromatic rings. The Morgan fingerprint density at radius 1 is 1.50 bits per heavy atom. The molecule has 2 unspecified atom stereocenters. The Hall–Kier alpha value is -0.560. The Balaban J connectivity index is 1.85. The van der Waals surface area contributed by atoms with E-state index in [0.717, 1.165) is 49.2 Å². The van der Waals surface area contributed by atoms with E-state index in [0.29, 0.717) is 12.0 Å². The summed E-state index contributed by atoms with van der Waals surface area (Å²) >= 11 is 1.70. The maximum absolute atomic E-state index is 5.70. The number of methoxy groups -OCH3 is 1. The lowest BCUT2D eigenvalue weighted by atomic mass is 10.0. The molecule has 5 nitrogen and oxygen atoms in total. The topological polar surface area (TPSA) is 56.3 Å². The van der Waals surface area contributed by atoms with Gasteiger partial charge in [0.2, 0.25) is 0 Å². The van der Waals surface area contributed by atoms with E-state index in [2.05, 4.69) is 22.4 Å². The molecule has 0 saturated carbocycles. The third kappa shape index (κ3) is 3.47. The van der Waals surface area contributed by atoms with Crippen LogP contribution in [0.1, 0.15) is 35.7 Å². The van der Waals surface area contributed by atoms with Gasteiger partial charge in [-0.25, -0.2) is 0 Å². The molecule has 0 bridgehead atoms. The lowest BCUT2D eigenvalue weighted by molar-refractivity contribution is 0.100. The van der Waals surface area contributed by atoms with Crippen molar-refractivity contribution in [3.63, 3.8) is 0 Å². The van der Waals surface area contributed by atoms with Crippen LogP contribution < -0.4 is 5.32 Å². The largest absolute Gasteiger partial charge is 0.383 e. The molecular weight excluding hydrogens is 250 g/mol. The Labute approximate surface area is 112 Å². The molecule has 0 amide bonds. The van der Waals surface area contributed by atoms with E-state index in [1.54, 1.807) is 18.4 Å². The molecule has 2 atom stereocenters. The zero-order chi connectivity index (χ0) is 12.8. The highest BCUT2D eigenvalue weighted by atomic mass is 32.1. The van der Waals surface area contributed by atoms with Crippen molar-refractivity contribution in [2.75, 3.05) is 26.9 Å². The number of ether oxygens (including phenoxy) is 2. The highest BCUT2D eigenvalue weighted by Crippen LogP contribution is 2.34. The lowest BCUT2D eigenvalue weighted by Gasteiger charge is -2.12. The summed E-state index contributed by atoms with van der Waals surface area (Å²) in [6, 6.07) is 0. The molecule has 6 heteroatoms. The van der Waals surface area contributed by atoms with Crippen molar-refractivity contribution < 1.29 is 9.47 Å². The summed E-state index contributed by atoms with van der Waals surface area (Å²) in [5, 5.41) is 14.0. The lowest BCUT2D eigenvalue weighted by Crippen LogP contribution is -2.18. The van der Waals surface area contributed by atoms with Crippen molar-refractivity contribution in [2.45, 2.75) is 38.3 Å². The van der Waals surface area contributed by atoms with Crippen LogP contribution in [-0.2, 0) is 16.0 Å². The van der Waals surface area contributed by atoms with Gasteiger partial charge in [0, 0.05) is 32.7 Å². The van der Waals surface area contributed by atoms with Crippen molar-refractivity contribution >= 4 is 11.3 Å². The molecule has 2 rings (SSSR count). The predicted octanol–water partition coefficient (Wildman–Crippen LogP) is 1.56. The first-order valence-electron chi connectivity index (χ1n) is 6.48. The molecule has 0 aliphatic carbocycles. The zero-order valence-corrected chi connectivity index (χ0v) is 11.8. The van der Waals surface area contributed by atoms with Crippen molar-refractivity contribution in [2.24, 2.45) is 0 Å². The average Bonchev–Trinajstić information content (AvgIpc) is 3.02. The van der Waals surface area contributed by atoms with Gasteiger partial charge < -0.3 is 14.8 Å². The van der Waals surface area contributed by atoms with Crippen molar-refractivity contribution in [1.29, 1.82) is 0 Å². The van der Waals surface area contributed by atoms with Crippen LogP contribution in [0.5, 0.6) is 0 Å². The van der Waals surface area contributed by atoms with Crippen molar-refractivity contribution in [3.8, 4) is 0 Å². The number of nitrogens with one attached hydrogen (secondary N) is 1. The molecule has 1 saturated heterocycles. The number of aromatic nitrogens is 2.